The van der Waals surface area contributed by atoms with Gasteiger partial charge < -0.3 is 9.73 Å². The van der Waals surface area contributed by atoms with Gasteiger partial charge in [0.1, 0.15) is 5.76 Å². The fourth-order valence-electron chi connectivity index (χ4n) is 3.79. The molecule has 0 fully saturated rings. The van der Waals surface area contributed by atoms with E-state index >= 15 is 0 Å². The summed E-state index contributed by atoms with van der Waals surface area (Å²) >= 11 is 1.28. The summed E-state index contributed by atoms with van der Waals surface area (Å²) in [7, 11) is 0. The Morgan fingerprint density at radius 3 is 2.47 bits per heavy atom. The summed E-state index contributed by atoms with van der Waals surface area (Å²) < 4.78 is 7.48. The van der Waals surface area contributed by atoms with Gasteiger partial charge in [0.2, 0.25) is 0 Å². The van der Waals surface area contributed by atoms with Crippen LogP contribution in [0.25, 0.3) is 6.08 Å². The minimum absolute atomic E-state index is 0.212. The number of hydrogen-bond donors (Lipinski definition) is 1. The van der Waals surface area contributed by atoms with Crippen LogP contribution in [0.1, 0.15) is 24.3 Å². The van der Waals surface area contributed by atoms with Crippen molar-refractivity contribution in [1.29, 1.82) is 0 Å². The number of furan rings is 1. The minimum Gasteiger partial charge on any atom is -0.465 e. The van der Waals surface area contributed by atoms with Crippen molar-refractivity contribution in [2.45, 2.75) is 13.0 Å². The molecule has 0 unspecified atom stereocenters. The van der Waals surface area contributed by atoms with Crippen molar-refractivity contribution in [3.8, 4) is 0 Å². The first-order valence-electron chi connectivity index (χ1n) is 10.1. The van der Waals surface area contributed by atoms with Gasteiger partial charge in [-0.05, 0) is 36.8 Å². The third kappa shape index (κ3) is 3.63. The molecule has 1 aliphatic rings. The Hall–Kier alpha value is -3.97. The number of carbonyl (C=O) groups excluding carboxylic acids is 1. The number of para-hydroxylation sites is 1. The SMILES string of the molecule is CC1=C(C(=O)Nc2ccccc2)[C@H](c2ccccc2)n2c(sc(=Cc3ccco3)c2=O)=N1. The largest absolute Gasteiger partial charge is 0.465 e. The van der Waals surface area contributed by atoms with E-state index < -0.39 is 6.04 Å². The lowest BCUT2D eigenvalue weighted by Crippen LogP contribution is -2.40. The third-order valence-electron chi connectivity index (χ3n) is 5.23. The highest BCUT2D eigenvalue weighted by molar-refractivity contribution is 7.07. The van der Waals surface area contributed by atoms with Gasteiger partial charge in [-0.15, -0.1) is 0 Å². The van der Waals surface area contributed by atoms with Crippen LogP contribution >= 0.6 is 11.3 Å². The van der Waals surface area contributed by atoms with Gasteiger partial charge >= 0.3 is 0 Å². The molecule has 5 rings (SSSR count). The van der Waals surface area contributed by atoms with Gasteiger partial charge in [0.25, 0.3) is 11.5 Å². The highest BCUT2D eigenvalue weighted by Gasteiger charge is 2.32. The number of nitrogens with zero attached hydrogens (tertiary/aromatic N) is 2. The van der Waals surface area contributed by atoms with Crippen LogP contribution < -0.4 is 20.2 Å². The number of hydrogen-bond acceptors (Lipinski definition) is 5. The smallest absolute Gasteiger partial charge is 0.271 e. The molecular weight excluding hydrogens is 422 g/mol. The molecule has 0 saturated carbocycles. The Bertz CT molecular complexity index is 1480. The molecule has 2 aromatic heterocycles. The number of carbonyl (C=O) groups is 1. The lowest BCUT2D eigenvalue weighted by atomic mass is 9.95. The molecular formula is C25H19N3O3S. The Balaban J connectivity index is 1.68. The summed E-state index contributed by atoms with van der Waals surface area (Å²) in [4.78, 5) is 32.0. The van der Waals surface area contributed by atoms with Gasteiger partial charge in [0, 0.05) is 11.8 Å². The molecule has 158 valence electrons. The predicted octanol–water partition coefficient (Wildman–Crippen LogP) is 3.47. The molecule has 1 aliphatic heterocycles. The van der Waals surface area contributed by atoms with Crippen LogP contribution in [-0.4, -0.2) is 10.5 Å². The van der Waals surface area contributed by atoms with Crippen LogP contribution in [-0.2, 0) is 4.79 Å². The molecule has 0 saturated heterocycles. The van der Waals surface area contributed by atoms with Crippen LogP contribution in [0.5, 0.6) is 0 Å². The maximum atomic E-state index is 13.4. The summed E-state index contributed by atoms with van der Waals surface area (Å²) in [6.45, 7) is 1.81. The normalized spacial score (nSPS) is 15.9. The van der Waals surface area contributed by atoms with Crippen molar-refractivity contribution in [2.24, 2.45) is 4.99 Å². The van der Waals surface area contributed by atoms with Crippen molar-refractivity contribution in [1.82, 2.24) is 4.57 Å². The molecule has 0 aliphatic carbocycles. The fraction of sp³-hybridized carbons (Fsp3) is 0.0800. The zero-order valence-corrected chi connectivity index (χ0v) is 18.0. The zero-order chi connectivity index (χ0) is 22.1. The molecule has 4 aromatic rings. The first-order chi connectivity index (χ1) is 15.6. The van der Waals surface area contributed by atoms with Crippen molar-refractivity contribution >= 4 is 29.0 Å². The second-order valence-electron chi connectivity index (χ2n) is 7.33. The van der Waals surface area contributed by atoms with E-state index in [9.17, 15) is 9.59 Å². The first kappa shape index (κ1) is 20.0. The molecule has 7 heteroatoms. The Labute approximate surface area is 187 Å². The number of nitrogens with one attached hydrogen (secondary N) is 1. The standard InChI is InChI=1S/C25H19N3O3S/c1-16-21(23(29)27-18-11-6-3-7-12-18)22(17-9-4-2-5-10-17)28-24(30)20(32-25(28)26-16)15-19-13-8-14-31-19/h2-15,22H,1H3,(H,27,29)/t22-/m0/s1. The van der Waals surface area contributed by atoms with E-state index in [1.165, 1.54) is 11.3 Å². The van der Waals surface area contributed by atoms with E-state index in [0.717, 1.165) is 5.56 Å². The summed E-state index contributed by atoms with van der Waals surface area (Å²) in [5.41, 5.74) is 2.33. The molecule has 32 heavy (non-hydrogen) atoms. The van der Waals surface area contributed by atoms with E-state index in [2.05, 4.69) is 10.3 Å². The lowest BCUT2D eigenvalue weighted by Gasteiger charge is -2.25. The van der Waals surface area contributed by atoms with E-state index in [1.807, 2.05) is 60.7 Å². The molecule has 1 atom stereocenters. The molecule has 0 radical (unpaired) electrons. The first-order valence-corrected chi connectivity index (χ1v) is 10.9. The van der Waals surface area contributed by atoms with Gasteiger partial charge in [-0.25, -0.2) is 4.99 Å². The van der Waals surface area contributed by atoms with Gasteiger partial charge in [0.15, 0.2) is 4.80 Å². The number of benzene rings is 2. The van der Waals surface area contributed by atoms with Crippen LogP contribution in [0.4, 0.5) is 5.69 Å². The molecule has 1 N–H and O–H groups in total. The monoisotopic (exact) mass is 441 g/mol. The molecule has 1 amide bonds. The summed E-state index contributed by atoms with van der Waals surface area (Å²) in [6.07, 6.45) is 3.26. The number of amides is 1. The fourth-order valence-corrected chi connectivity index (χ4v) is 4.81. The lowest BCUT2D eigenvalue weighted by molar-refractivity contribution is -0.113. The maximum Gasteiger partial charge on any atom is 0.271 e. The van der Waals surface area contributed by atoms with Gasteiger partial charge in [-0.2, -0.15) is 0 Å². The van der Waals surface area contributed by atoms with Crippen LogP contribution in [0.2, 0.25) is 0 Å². The number of rotatable bonds is 4. The highest BCUT2D eigenvalue weighted by Crippen LogP contribution is 2.30. The van der Waals surface area contributed by atoms with Gasteiger partial charge in [0.05, 0.1) is 28.1 Å². The predicted molar refractivity (Wildman–Crippen MR) is 124 cm³/mol. The second-order valence-corrected chi connectivity index (χ2v) is 8.34. The van der Waals surface area contributed by atoms with Crippen molar-refractivity contribution in [2.75, 3.05) is 5.32 Å². The average molecular weight is 442 g/mol. The van der Waals surface area contributed by atoms with Crippen molar-refractivity contribution < 1.29 is 9.21 Å². The van der Waals surface area contributed by atoms with Crippen molar-refractivity contribution in [3.05, 3.63) is 121 Å². The van der Waals surface area contributed by atoms with E-state index in [-0.39, 0.29) is 11.5 Å². The van der Waals surface area contributed by atoms with Crippen LogP contribution in [0.15, 0.2) is 105 Å². The minimum atomic E-state index is -0.588. The molecule has 0 bridgehead atoms. The molecule has 6 nitrogen and oxygen atoms in total. The maximum absolute atomic E-state index is 13.4. The third-order valence-corrected chi connectivity index (χ3v) is 6.21. The molecule has 0 spiro atoms. The Morgan fingerprint density at radius 2 is 1.78 bits per heavy atom. The number of fused-ring (bicyclic) bond motifs is 1. The summed E-state index contributed by atoms with van der Waals surface area (Å²) in [5.74, 6) is 0.302. The number of anilines is 1. The molecule has 3 heterocycles. The van der Waals surface area contributed by atoms with Crippen LogP contribution in [0, 0.1) is 0 Å². The van der Waals surface area contributed by atoms with Gasteiger partial charge in [-0.1, -0.05) is 59.9 Å². The molecule has 2 aromatic carbocycles. The van der Waals surface area contributed by atoms with Gasteiger partial charge in [-0.3, -0.25) is 14.2 Å². The second kappa shape index (κ2) is 8.28. The van der Waals surface area contributed by atoms with Crippen LogP contribution in [0.3, 0.4) is 0 Å². The zero-order valence-electron chi connectivity index (χ0n) is 17.2. The number of thiazole rings is 1. The van der Waals surface area contributed by atoms with Crippen molar-refractivity contribution in [3.63, 3.8) is 0 Å². The summed E-state index contributed by atoms with van der Waals surface area (Å²) in [5, 5.41) is 2.94. The summed E-state index contributed by atoms with van der Waals surface area (Å²) in [6, 6.07) is 21.8. The van der Waals surface area contributed by atoms with E-state index in [4.69, 9.17) is 4.42 Å². The Kier molecular flexibility index (Phi) is 5.17. The highest BCUT2D eigenvalue weighted by atomic mass is 32.1. The average Bonchev–Trinajstić information content (AvgIpc) is 3.42. The van der Waals surface area contributed by atoms with E-state index in [0.29, 0.717) is 32.1 Å². The number of aromatic nitrogens is 1. The Morgan fingerprint density at radius 1 is 1.06 bits per heavy atom. The topological polar surface area (TPSA) is 76.6 Å². The van der Waals surface area contributed by atoms with E-state index in [1.54, 1.807) is 36.0 Å². The quantitative estimate of drug-likeness (QED) is 0.527. The number of allylic oxidation sites excluding steroid dienone is 1.